The van der Waals surface area contributed by atoms with Crippen LogP contribution in [-0.4, -0.2) is 40.8 Å². The Morgan fingerprint density at radius 2 is 1.66 bits per heavy atom. The number of nitrogens with zero attached hydrogens (tertiary/aromatic N) is 2. The number of hydrogen-bond donors (Lipinski definition) is 2. The Hall–Kier alpha value is -2.67. The summed E-state index contributed by atoms with van der Waals surface area (Å²) in [5.74, 6) is -0.303. The molecule has 0 spiro atoms. The third-order valence-electron chi connectivity index (χ3n) is 8.45. The highest BCUT2D eigenvalue weighted by Crippen LogP contribution is 2.47. The maximum atomic E-state index is 13.5. The summed E-state index contributed by atoms with van der Waals surface area (Å²) in [6, 6.07) is 1.54. The predicted octanol–water partition coefficient (Wildman–Crippen LogP) is 6.83. The zero-order chi connectivity index (χ0) is 30.2. The number of thiazole rings is 1. The van der Waals surface area contributed by atoms with Crippen LogP contribution in [0.15, 0.2) is 23.6 Å². The molecule has 2 atom stereocenters. The van der Waals surface area contributed by atoms with Crippen LogP contribution in [0.3, 0.4) is 0 Å². The average molecular weight is 605 g/mol. The van der Waals surface area contributed by atoms with Crippen LogP contribution in [0.5, 0.6) is 0 Å². The largest absolute Gasteiger partial charge is 0.416 e. The van der Waals surface area contributed by atoms with E-state index >= 15 is 0 Å². The van der Waals surface area contributed by atoms with E-state index in [1.54, 1.807) is 0 Å². The number of benzene rings is 1. The van der Waals surface area contributed by atoms with Crippen LogP contribution in [0.4, 0.5) is 31.5 Å². The van der Waals surface area contributed by atoms with Gasteiger partial charge in [-0.1, -0.05) is 13.8 Å². The lowest BCUT2D eigenvalue weighted by molar-refractivity contribution is -0.143. The molecule has 1 aliphatic heterocycles. The molecule has 1 aromatic carbocycles. The van der Waals surface area contributed by atoms with Crippen molar-refractivity contribution in [3.8, 4) is 0 Å². The number of halogens is 6. The van der Waals surface area contributed by atoms with Crippen molar-refractivity contribution in [1.82, 2.24) is 15.2 Å². The summed E-state index contributed by atoms with van der Waals surface area (Å²) in [6.45, 7) is 6.51. The van der Waals surface area contributed by atoms with Gasteiger partial charge in [0.05, 0.1) is 22.2 Å². The molecule has 2 aliphatic rings. The first-order chi connectivity index (χ1) is 19.1. The highest BCUT2D eigenvalue weighted by atomic mass is 32.1. The van der Waals surface area contributed by atoms with Crippen LogP contribution in [0.1, 0.15) is 81.2 Å². The van der Waals surface area contributed by atoms with E-state index in [-0.39, 0.29) is 41.3 Å². The molecule has 13 heteroatoms. The van der Waals surface area contributed by atoms with Gasteiger partial charge in [-0.15, -0.1) is 11.3 Å². The lowest BCUT2D eigenvalue weighted by Gasteiger charge is -2.37. The van der Waals surface area contributed by atoms with Crippen molar-refractivity contribution < 1.29 is 35.9 Å². The smallest absolute Gasteiger partial charge is 0.352 e. The van der Waals surface area contributed by atoms with Gasteiger partial charge in [-0.2, -0.15) is 26.3 Å². The lowest BCUT2D eigenvalue weighted by atomic mass is 9.74. The minimum Gasteiger partial charge on any atom is -0.352 e. The second kappa shape index (κ2) is 11.9. The van der Waals surface area contributed by atoms with Crippen LogP contribution >= 0.6 is 11.3 Å². The zero-order valence-electron chi connectivity index (χ0n) is 23.1. The number of rotatable bonds is 7. The Bertz CT molecular complexity index is 1220. The van der Waals surface area contributed by atoms with E-state index in [1.165, 1.54) is 18.3 Å². The molecule has 1 saturated carbocycles. The van der Waals surface area contributed by atoms with E-state index in [1.807, 2.05) is 19.2 Å². The quantitative estimate of drug-likeness (QED) is 0.340. The number of piperidine rings is 1. The number of amides is 2. The second-order valence-corrected chi connectivity index (χ2v) is 12.2. The van der Waals surface area contributed by atoms with Gasteiger partial charge in [0.15, 0.2) is 5.13 Å². The van der Waals surface area contributed by atoms with E-state index in [9.17, 15) is 35.9 Å². The highest BCUT2D eigenvalue weighted by Gasteiger charge is 2.49. The predicted molar refractivity (Wildman–Crippen MR) is 143 cm³/mol. The van der Waals surface area contributed by atoms with Crippen LogP contribution < -0.4 is 10.6 Å². The molecular weight excluding hydrogens is 570 g/mol. The summed E-state index contributed by atoms with van der Waals surface area (Å²) >= 11 is 1.40. The Labute approximate surface area is 238 Å². The molecule has 2 heterocycles. The van der Waals surface area contributed by atoms with Gasteiger partial charge in [0.25, 0.3) is 0 Å². The number of likely N-dealkylation sites (tertiary alicyclic amines) is 1. The fraction of sp³-hybridized carbons (Fsp3) is 0.607. The number of aromatic nitrogens is 1. The summed E-state index contributed by atoms with van der Waals surface area (Å²) in [5, 5.41) is 7.92. The van der Waals surface area contributed by atoms with E-state index in [2.05, 4.69) is 20.5 Å². The maximum absolute atomic E-state index is 13.5. The third-order valence-corrected chi connectivity index (χ3v) is 9.23. The SMILES string of the molecule is CC(=O)Nc1nc(C2CCN([C@@H]3CC[C@@](C(=O)NCc4cc(C(F)(F)F)cc(C(F)(F)F)c4)(C(C)C)C3)CC2)cs1. The molecule has 2 fully saturated rings. The van der Waals surface area contributed by atoms with Gasteiger partial charge < -0.3 is 15.5 Å². The van der Waals surface area contributed by atoms with E-state index < -0.39 is 35.4 Å². The summed E-state index contributed by atoms with van der Waals surface area (Å²) in [5.41, 5.74) is -2.85. The first-order valence-electron chi connectivity index (χ1n) is 13.6. The summed E-state index contributed by atoms with van der Waals surface area (Å²) in [7, 11) is 0. The molecule has 1 aliphatic carbocycles. The molecule has 0 bridgehead atoms. The molecule has 0 unspecified atom stereocenters. The topological polar surface area (TPSA) is 74.3 Å². The van der Waals surface area contributed by atoms with E-state index in [4.69, 9.17) is 0 Å². The fourth-order valence-corrected chi connectivity index (χ4v) is 6.91. The number of carbonyl (C=O) groups excluding carboxylic acids is 2. The van der Waals surface area contributed by atoms with Gasteiger partial charge in [-0.05, 0) is 74.9 Å². The van der Waals surface area contributed by atoms with Crippen molar-refractivity contribution in [3.05, 3.63) is 46.0 Å². The molecule has 0 radical (unpaired) electrons. The first-order valence-corrected chi connectivity index (χ1v) is 14.5. The molecule has 2 aromatic rings. The maximum Gasteiger partial charge on any atom is 0.416 e. The van der Waals surface area contributed by atoms with Crippen molar-refractivity contribution in [1.29, 1.82) is 0 Å². The number of hydrogen-bond acceptors (Lipinski definition) is 5. The normalized spacial score (nSPS) is 22.7. The van der Waals surface area contributed by atoms with Gasteiger partial charge in [-0.3, -0.25) is 9.59 Å². The van der Waals surface area contributed by atoms with Gasteiger partial charge in [0, 0.05) is 30.8 Å². The molecule has 2 amide bonds. The number of anilines is 1. The van der Waals surface area contributed by atoms with E-state index in [0.717, 1.165) is 38.0 Å². The Morgan fingerprint density at radius 1 is 1.05 bits per heavy atom. The van der Waals surface area contributed by atoms with Crippen LogP contribution in [0, 0.1) is 11.3 Å². The minimum absolute atomic E-state index is 0.0699. The lowest BCUT2D eigenvalue weighted by Crippen LogP contribution is -2.45. The Kier molecular flexibility index (Phi) is 9.08. The van der Waals surface area contributed by atoms with Gasteiger partial charge >= 0.3 is 12.4 Å². The van der Waals surface area contributed by atoms with Crippen molar-refractivity contribution in [2.45, 2.75) is 83.7 Å². The van der Waals surface area contributed by atoms with Crippen LogP contribution in [0.25, 0.3) is 0 Å². The zero-order valence-corrected chi connectivity index (χ0v) is 23.9. The highest BCUT2D eigenvalue weighted by molar-refractivity contribution is 7.13. The van der Waals surface area contributed by atoms with Crippen molar-refractivity contribution in [3.63, 3.8) is 0 Å². The van der Waals surface area contributed by atoms with Gasteiger partial charge in [0.2, 0.25) is 11.8 Å². The number of carbonyl (C=O) groups is 2. The number of nitrogens with one attached hydrogen (secondary N) is 2. The Morgan fingerprint density at radius 3 is 2.20 bits per heavy atom. The fourth-order valence-electron chi connectivity index (χ4n) is 6.08. The molecule has 41 heavy (non-hydrogen) atoms. The van der Waals surface area contributed by atoms with Crippen molar-refractivity contribution in [2.24, 2.45) is 11.3 Å². The van der Waals surface area contributed by atoms with E-state index in [0.29, 0.717) is 30.1 Å². The van der Waals surface area contributed by atoms with Crippen LogP contribution in [0.2, 0.25) is 0 Å². The monoisotopic (exact) mass is 604 g/mol. The Balaban J connectivity index is 1.39. The molecular formula is C28H34F6N4O2S. The van der Waals surface area contributed by atoms with Crippen molar-refractivity contribution in [2.75, 3.05) is 18.4 Å². The third kappa shape index (κ3) is 7.22. The molecule has 6 nitrogen and oxygen atoms in total. The molecule has 1 aromatic heterocycles. The summed E-state index contributed by atoms with van der Waals surface area (Å²) in [4.78, 5) is 31.7. The van der Waals surface area contributed by atoms with Crippen LogP contribution in [-0.2, 0) is 28.5 Å². The minimum atomic E-state index is -4.95. The molecule has 1 saturated heterocycles. The summed E-state index contributed by atoms with van der Waals surface area (Å²) < 4.78 is 79.5. The van der Waals surface area contributed by atoms with Crippen molar-refractivity contribution >= 4 is 28.3 Å². The summed E-state index contributed by atoms with van der Waals surface area (Å²) in [6.07, 6.45) is -6.18. The standard InChI is InChI=1S/C28H34F6N4O2S/c1-16(2)26(24(40)35-14-18-10-20(27(29,30)31)12-21(11-18)28(32,33)34)7-4-22(13-26)38-8-5-19(6-9-38)23-15-41-25(37-23)36-17(3)39/h10-12,15-16,19,22H,4-9,13-14H2,1-3H3,(H,35,40)(H,36,37,39)/t22-,26+/m1/s1. The molecule has 226 valence electrons. The average Bonchev–Trinajstić information content (AvgIpc) is 3.54. The first kappa shape index (κ1) is 31.3. The second-order valence-electron chi connectivity index (χ2n) is 11.4. The number of alkyl halides is 6. The van der Waals surface area contributed by atoms with Gasteiger partial charge in [0.1, 0.15) is 0 Å². The molecule has 4 rings (SSSR count). The molecule has 2 N–H and O–H groups in total. The van der Waals surface area contributed by atoms with Gasteiger partial charge in [-0.25, -0.2) is 4.98 Å².